The number of halogens is 1. The van der Waals surface area contributed by atoms with Crippen LogP contribution in [-0.2, 0) is 13.0 Å². The molecule has 0 aliphatic heterocycles. The number of benzene rings is 2. The highest BCUT2D eigenvalue weighted by atomic mass is 35.5. The number of methoxy groups -OCH3 is 1. The van der Waals surface area contributed by atoms with Crippen molar-refractivity contribution < 1.29 is 9.84 Å². The van der Waals surface area contributed by atoms with Gasteiger partial charge in [-0.1, -0.05) is 35.9 Å². The van der Waals surface area contributed by atoms with Crippen molar-refractivity contribution in [2.75, 3.05) is 13.7 Å². The van der Waals surface area contributed by atoms with Crippen LogP contribution in [0.3, 0.4) is 0 Å². The second-order valence-corrected chi connectivity index (χ2v) is 6.13. The van der Waals surface area contributed by atoms with E-state index in [2.05, 4.69) is 10.6 Å². The monoisotopic (exact) mass is 364 g/mol. The molecular weight excluding hydrogens is 344 g/mol. The predicted molar refractivity (Wildman–Crippen MR) is 102 cm³/mol. The normalized spacial score (nSPS) is 10.2. The van der Waals surface area contributed by atoms with Crippen LogP contribution in [0.25, 0.3) is 0 Å². The molecule has 0 saturated carbocycles. The maximum absolute atomic E-state index is 9.58. The summed E-state index contributed by atoms with van der Waals surface area (Å²) in [4.78, 5) is 0. The van der Waals surface area contributed by atoms with Crippen LogP contribution in [0.2, 0.25) is 5.02 Å². The molecule has 0 saturated heterocycles. The summed E-state index contributed by atoms with van der Waals surface area (Å²) in [6, 6.07) is 13.1. The Morgan fingerprint density at radius 3 is 2.75 bits per heavy atom. The standard InChI is InChI=1S/C18H21ClN2O2S/c1-23-17-11-13(8-9-16(17)22)12-21-18(24)20-10-4-6-14-5-2-3-7-15(14)19/h2-3,5,7-9,11,22H,4,6,10,12H2,1H3,(H2,20,21,24). The number of nitrogens with one attached hydrogen (secondary N) is 2. The lowest BCUT2D eigenvalue weighted by Gasteiger charge is -2.12. The van der Waals surface area contributed by atoms with E-state index in [9.17, 15) is 5.11 Å². The van der Waals surface area contributed by atoms with Crippen LogP contribution in [0.4, 0.5) is 0 Å². The minimum atomic E-state index is 0.126. The van der Waals surface area contributed by atoms with Crippen molar-refractivity contribution in [3.63, 3.8) is 0 Å². The van der Waals surface area contributed by atoms with E-state index < -0.39 is 0 Å². The average Bonchev–Trinajstić information content (AvgIpc) is 2.59. The summed E-state index contributed by atoms with van der Waals surface area (Å²) in [5.74, 6) is 0.578. The Kier molecular flexibility index (Phi) is 7.15. The van der Waals surface area contributed by atoms with Gasteiger partial charge in [-0.15, -0.1) is 0 Å². The maximum Gasteiger partial charge on any atom is 0.166 e. The Balaban J connectivity index is 1.69. The van der Waals surface area contributed by atoms with E-state index in [-0.39, 0.29) is 5.75 Å². The molecule has 0 unspecified atom stereocenters. The molecule has 4 nitrogen and oxygen atoms in total. The number of aromatic hydroxyl groups is 1. The zero-order chi connectivity index (χ0) is 17.4. The first kappa shape index (κ1) is 18.4. The number of ether oxygens (including phenoxy) is 1. The van der Waals surface area contributed by atoms with Crippen molar-refractivity contribution in [3.8, 4) is 11.5 Å². The lowest BCUT2D eigenvalue weighted by Crippen LogP contribution is -2.35. The SMILES string of the molecule is COc1cc(CNC(=S)NCCCc2ccccc2Cl)ccc1O. The molecule has 24 heavy (non-hydrogen) atoms. The first-order chi connectivity index (χ1) is 11.6. The lowest BCUT2D eigenvalue weighted by atomic mass is 10.1. The maximum atomic E-state index is 9.58. The topological polar surface area (TPSA) is 53.5 Å². The Morgan fingerprint density at radius 2 is 2.00 bits per heavy atom. The van der Waals surface area contributed by atoms with Crippen molar-refractivity contribution in [2.24, 2.45) is 0 Å². The molecule has 0 heterocycles. The van der Waals surface area contributed by atoms with Crippen LogP contribution < -0.4 is 15.4 Å². The summed E-state index contributed by atoms with van der Waals surface area (Å²) < 4.78 is 5.09. The minimum absolute atomic E-state index is 0.126. The smallest absolute Gasteiger partial charge is 0.166 e. The van der Waals surface area contributed by atoms with E-state index in [1.807, 2.05) is 30.3 Å². The highest BCUT2D eigenvalue weighted by molar-refractivity contribution is 7.80. The van der Waals surface area contributed by atoms with Crippen molar-refractivity contribution >= 4 is 28.9 Å². The summed E-state index contributed by atoms with van der Waals surface area (Å²) in [6.07, 6.45) is 1.85. The van der Waals surface area contributed by atoms with Gasteiger partial charge in [-0.2, -0.15) is 0 Å². The molecule has 3 N–H and O–H groups in total. The highest BCUT2D eigenvalue weighted by Crippen LogP contribution is 2.26. The van der Waals surface area contributed by atoms with Gasteiger partial charge in [0.05, 0.1) is 7.11 Å². The number of hydrogen-bond donors (Lipinski definition) is 3. The van der Waals surface area contributed by atoms with E-state index in [0.717, 1.165) is 35.5 Å². The molecule has 2 rings (SSSR count). The minimum Gasteiger partial charge on any atom is -0.504 e. The molecular formula is C18H21ClN2O2S. The number of rotatable bonds is 7. The van der Waals surface area contributed by atoms with E-state index in [1.54, 1.807) is 12.1 Å². The Hall–Kier alpha value is -1.98. The van der Waals surface area contributed by atoms with Gasteiger partial charge in [0.15, 0.2) is 16.6 Å². The van der Waals surface area contributed by atoms with Crippen LogP contribution in [0.1, 0.15) is 17.5 Å². The summed E-state index contributed by atoms with van der Waals surface area (Å²) in [5, 5.41) is 17.3. The predicted octanol–water partition coefficient (Wildman–Crippen LogP) is 3.65. The number of aryl methyl sites for hydroxylation is 1. The van der Waals surface area contributed by atoms with Gasteiger partial charge in [-0.25, -0.2) is 0 Å². The summed E-state index contributed by atoms with van der Waals surface area (Å²) >= 11 is 11.4. The molecule has 2 aromatic rings. The number of thiocarbonyl (C=S) groups is 1. The summed E-state index contributed by atoms with van der Waals surface area (Å²) in [5.41, 5.74) is 2.13. The van der Waals surface area contributed by atoms with Crippen molar-refractivity contribution in [1.29, 1.82) is 0 Å². The molecule has 0 aliphatic rings. The zero-order valence-electron chi connectivity index (χ0n) is 13.5. The van der Waals surface area contributed by atoms with Crippen molar-refractivity contribution in [2.45, 2.75) is 19.4 Å². The number of phenols is 1. The quantitative estimate of drug-likeness (QED) is 0.517. The van der Waals surface area contributed by atoms with Crippen LogP contribution in [-0.4, -0.2) is 23.9 Å². The van der Waals surface area contributed by atoms with E-state index >= 15 is 0 Å². The fourth-order valence-electron chi connectivity index (χ4n) is 2.26. The fraction of sp³-hybridized carbons (Fsp3) is 0.278. The third-order valence-corrected chi connectivity index (χ3v) is 4.22. The molecule has 0 atom stereocenters. The average molecular weight is 365 g/mol. The van der Waals surface area contributed by atoms with Gasteiger partial charge in [0.2, 0.25) is 0 Å². The Morgan fingerprint density at radius 1 is 1.21 bits per heavy atom. The van der Waals surface area contributed by atoms with Crippen molar-refractivity contribution in [3.05, 3.63) is 58.6 Å². The van der Waals surface area contributed by atoms with Gasteiger partial charge in [0.1, 0.15) is 0 Å². The third-order valence-electron chi connectivity index (χ3n) is 3.56. The molecule has 6 heteroatoms. The largest absolute Gasteiger partial charge is 0.504 e. The summed E-state index contributed by atoms with van der Waals surface area (Å²) in [7, 11) is 1.53. The first-order valence-corrected chi connectivity index (χ1v) is 8.49. The molecule has 0 aromatic heterocycles. The van der Waals surface area contributed by atoms with Gasteiger partial charge >= 0.3 is 0 Å². The van der Waals surface area contributed by atoms with E-state index in [1.165, 1.54) is 7.11 Å². The second kappa shape index (κ2) is 9.35. The van der Waals surface area contributed by atoms with Crippen LogP contribution in [0.15, 0.2) is 42.5 Å². The van der Waals surface area contributed by atoms with Gasteiger partial charge < -0.3 is 20.5 Å². The molecule has 0 bridgehead atoms. The Labute approximate surface area is 152 Å². The Bertz CT molecular complexity index is 694. The first-order valence-electron chi connectivity index (χ1n) is 7.71. The van der Waals surface area contributed by atoms with Crippen molar-refractivity contribution in [1.82, 2.24) is 10.6 Å². The molecule has 2 aromatic carbocycles. The van der Waals surface area contributed by atoms with Gasteiger partial charge in [0, 0.05) is 18.1 Å². The molecule has 0 amide bonds. The molecule has 0 spiro atoms. The van der Waals surface area contributed by atoms with E-state index in [0.29, 0.717) is 17.4 Å². The van der Waals surface area contributed by atoms with Gasteiger partial charge in [-0.05, 0) is 54.4 Å². The summed E-state index contributed by atoms with van der Waals surface area (Å²) in [6.45, 7) is 1.34. The van der Waals surface area contributed by atoms with Gasteiger partial charge in [-0.3, -0.25) is 0 Å². The van der Waals surface area contributed by atoms with Crippen LogP contribution >= 0.6 is 23.8 Å². The molecule has 0 aliphatic carbocycles. The molecule has 128 valence electrons. The van der Waals surface area contributed by atoms with Gasteiger partial charge in [0.25, 0.3) is 0 Å². The second-order valence-electron chi connectivity index (χ2n) is 5.31. The third kappa shape index (κ3) is 5.58. The van der Waals surface area contributed by atoms with Crippen LogP contribution in [0, 0.1) is 0 Å². The van der Waals surface area contributed by atoms with Crippen LogP contribution in [0.5, 0.6) is 11.5 Å². The zero-order valence-corrected chi connectivity index (χ0v) is 15.1. The lowest BCUT2D eigenvalue weighted by molar-refractivity contribution is 0.373. The van der Waals surface area contributed by atoms with E-state index in [4.69, 9.17) is 28.6 Å². The number of hydrogen-bond acceptors (Lipinski definition) is 3. The fourth-order valence-corrected chi connectivity index (χ4v) is 2.66. The molecule has 0 fully saturated rings. The molecule has 0 radical (unpaired) electrons. The highest BCUT2D eigenvalue weighted by Gasteiger charge is 2.03. The number of phenolic OH excluding ortho intramolecular Hbond substituents is 1.